The zero-order valence-electron chi connectivity index (χ0n) is 5.94. The molecule has 1 N–H and O–H groups in total. The zero-order valence-corrected chi connectivity index (χ0v) is 5.94. The number of allylic oxidation sites excluding steroid dienone is 1. The summed E-state index contributed by atoms with van der Waals surface area (Å²) in [5.41, 5.74) is 0.895. The van der Waals surface area contributed by atoms with Gasteiger partial charge in [-0.3, -0.25) is 0 Å². The van der Waals surface area contributed by atoms with Gasteiger partial charge in [0.2, 0.25) is 0 Å². The van der Waals surface area contributed by atoms with Crippen molar-refractivity contribution in [3.8, 4) is 0 Å². The molecule has 0 aliphatic heterocycles. The number of methoxy groups -OCH3 is 1. The van der Waals surface area contributed by atoms with Crippen molar-refractivity contribution in [2.75, 3.05) is 20.6 Å². The van der Waals surface area contributed by atoms with Gasteiger partial charge in [-0.2, -0.15) is 0 Å². The largest absolute Gasteiger partial charge is 0.367 e. The van der Waals surface area contributed by atoms with Crippen molar-refractivity contribution in [2.24, 2.45) is 0 Å². The van der Waals surface area contributed by atoms with Crippen LogP contribution < -0.4 is 5.32 Å². The minimum atomic E-state index is 0.320. The maximum absolute atomic E-state index is 4.90. The second-order valence-corrected chi connectivity index (χ2v) is 1.71. The second-order valence-electron chi connectivity index (χ2n) is 1.71. The van der Waals surface area contributed by atoms with E-state index in [1.165, 1.54) is 0 Å². The molecule has 0 radical (unpaired) electrons. The first kappa shape index (κ1) is 8.46. The fourth-order valence-corrected chi connectivity index (χ4v) is 0.299. The lowest BCUT2D eigenvalue weighted by Crippen LogP contribution is -2.15. The lowest BCUT2D eigenvalue weighted by atomic mass is 10.6. The topological polar surface area (TPSA) is 30.5 Å². The predicted octanol–water partition coefficient (Wildman–Crippen LogP) is 0.688. The molecule has 0 fully saturated rings. The van der Waals surface area contributed by atoms with Gasteiger partial charge in [0, 0.05) is 12.8 Å². The molecule has 0 bridgehead atoms. The van der Waals surface area contributed by atoms with E-state index < -0.39 is 0 Å². The summed E-state index contributed by atoms with van der Waals surface area (Å²) < 4.78 is 9.53. The van der Waals surface area contributed by atoms with Crippen LogP contribution in [0.25, 0.3) is 0 Å². The van der Waals surface area contributed by atoms with Crippen LogP contribution in [0.4, 0.5) is 0 Å². The Morgan fingerprint density at radius 3 is 2.78 bits per heavy atom. The molecule has 0 aliphatic carbocycles. The molecule has 0 heterocycles. The molecule has 0 aromatic rings. The Bertz CT molecular complexity index is 83.1. The molecule has 0 amide bonds. The van der Waals surface area contributed by atoms with Crippen LogP contribution in [0.2, 0.25) is 0 Å². The maximum Gasteiger partial charge on any atom is 0.148 e. The molecule has 0 aromatic carbocycles. The van der Waals surface area contributed by atoms with E-state index in [0.717, 1.165) is 5.70 Å². The van der Waals surface area contributed by atoms with E-state index in [9.17, 15) is 0 Å². The third-order valence-corrected chi connectivity index (χ3v) is 0.677. The van der Waals surface area contributed by atoms with E-state index in [1.807, 2.05) is 6.92 Å². The summed E-state index contributed by atoms with van der Waals surface area (Å²) in [5, 5.41) is 2.88. The third kappa shape index (κ3) is 7.46. The van der Waals surface area contributed by atoms with E-state index in [2.05, 4.69) is 16.6 Å². The highest BCUT2D eigenvalue weighted by molar-refractivity contribution is 4.82. The minimum absolute atomic E-state index is 0.320. The third-order valence-electron chi connectivity index (χ3n) is 0.677. The van der Waals surface area contributed by atoms with Gasteiger partial charge >= 0.3 is 0 Å². The Morgan fingerprint density at radius 2 is 2.33 bits per heavy atom. The molecule has 0 saturated carbocycles. The quantitative estimate of drug-likeness (QED) is 0.440. The molecule has 0 saturated heterocycles. The monoisotopic (exact) mass is 131 g/mol. The summed E-state index contributed by atoms with van der Waals surface area (Å²) in [6, 6.07) is 0. The number of ether oxygens (including phenoxy) is 2. The number of hydrogen-bond donors (Lipinski definition) is 1. The van der Waals surface area contributed by atoms with Crippen molar-refractivity contribution >= 4 is 0 Å². The van der Waals surface area contributed by atoms with Gasteiger partial charge < -0.3 is 14.8 Å². The molecule has 3 nitrogen and oxygen atoms in total. The van der Waals surface area contributed by atoms with Gasteiger partial charge in [0.1, 0.15) is 13.5 Å². The summed E-state index contributed by atoms with van der Waals surface area (Å²) in [7, 11) is 1.58. The SMILES string of the molecule is C=C(C)NCOCOC. The van der Waals surface area contributed by atoms with Crippen LogP contribution in [0, 0.1) is 0 Å². The van der Waals surface area contributed by atoms with E-state index >= 15 is 0 Å². The molecule has 0 spiro atoms. The van der Waals surface area contributed by atoms with Crippen LogP contribution >= 0.6 is 0 Å². The Hall–Kier alpha value is -0.540. The highest BCUT2D eigenvalue weighted by Crippen LogP contribution is 1.77. The van der Waals surface area contributed by atoms with Crippen molar-refractivity contribution in [3.63, 3.8) is 0 Å². The fourth-order valence-electron chi connectivity index (χ4n) is 0.299. The van der Waals surface area contributed by atoms with Gasteiger partial charge in [0.05, 0.1) is 0 Å². The van der Waals surface area contributed by atoms with Crippen LogP contribution in [-0.4, -0.2) is 20.6 Å². The molecule has 0 aromatic heterocycles. The predicted molar refractivity (Wildman–Crippen MR) is 35.8 cm³/mol. The van der Waals surface area contributed by atoms with E-state index in [0.29, 0.717) is 13.5 Å². The molecule has 0 rings (SSSR count). The van der Waals surface area contributed by atoms with Gasteiger partial charge in [-0.25, -0.2) is 0 Å². The first-order chi connectivity index (χ1) is 4.27. The average Bonchev–Trinajstić information content (AvgIpc) is 1.80. The van der Waals surface area contributed by atoms with Crippen molar-refractivity contribution in [2.45, 2.75) is 6.92 Å². The Balaban J connectivity index is 2.83. The molecular formula is C6H13NO2. The van der Waals surface area contributed by atoms with Crippen molar-refractivity contribution in [1.82, 2.24) is 5.32 Å². The number of hydrogen-bond acceptors (Lipinski definition) is 3. The number of rotatable bonds is 5. The van der Waals surface area contributed by atoms with Crippen molar-refractivity contribution in [3.05, 3.63) is 12.3 Å². The minimum Gasteiger partial charge on any atom is -0.367 e. The summed E-state index contributed by atoms with van der Waals surface area (Å²) in [6.45, 7) is 6.27. The first-order valence-corrected chi connectivity index (χ1v) is 2.73. The van der Waals surface area contributed by atoms with Crippen LogP contribution in [0.15, 0.2) is 12.3 Å². The second kappa shape index (κ2) is 5.59. The van der Waals surface area contributed by atoms with Gasteiger partial charge in [0.15, 0.2) is 0 Å². The summed E-state index contributed by atoms with van der Waals surface area (Å²) in [6.07, 6.45) is 0. The lowest BCUT2D eigenvalue weighted by molar-refractivity contribution is -0.0348. The molecule has 0 aliphatic rings. The van der Waals surface area contributed by atoms with Crippen molar-refractivity contribution < 1.29 is 9.47 Å². The van der Waals surface area contributed by atoms with Crippen LogP contribution in [0.1, 0.15) is 6.92 Å². The van der Waals surface area contributed by atoms with Gasteiger partial charge in [-0.15, -0.1) is 0 Å². The van der Waals surface area contributed by atoms with E-state index in [-0.39, 0.29) is 0 Å². The van der Waals surface area contributed by atoms with Crippen LogP contribution in [0.3, 0.4) is 0 Å². The smallest absolute Gasteiger partial charge is 0.148 e. The van der Waals surface area contributed by atoms with Crippen molar-refractivity contribution in [1.29, 1.82) is 0 Å². The Labute approximate surface area is 55.7 Å². The van der Waals surface area contributed by atoms with Gasteiger partial charge in [-0.05, 0) is 6.92 Å². The number of nitrogens with one attached hydrogen (secondary N) is 1. The molecular weight excluding hydrogens is 118 g/mol. The van der Waals surface area contributed by atoms with E-state index in [4.69, 9.17) is 4.74 Å². The summed E-state index contributed by atoms with van der Waals surface area (Å²) in [5.74, 6) is 0. The van der Waals surface area contributed by atoms with Crippen LogP contribution in [0.5, 0.6) is 0 Å². The van der Waals surface area contributed by atoms with Gasteiger partial charge in [-0.1, -0.05) is 6.58 Å². The summed E-state index contributed by atoms with van der Waals surface area (Å²) in [4.78, 5) is 0. The Morgan fingerprint density at radius 1 is 1.67 bits per heavy atom. The maximum atomic E-state index is 4.90. The van der Waals surface area contributed by atoms with Crippen LogP contribution in [-0.2, 0) is 9.47 Å². The standard InChI is InChI=1S/C6H13NO2/c1-6(2)7-4-9-5-8-3/h7H,1,4-5H2,2-3H3. The molecule has 9 heavy (non-hydrogen) atoms. The molecule has 0 unspecified atom stereocenters. The molecule has 3 heteroatoms. The Kier molecular flexibility index (Phi) is 5.26. The first-order valence-electron chi connectivity index (χ1n) is 2.73. The lowest BCUT2D eigenvalue weighted by Gasteiger charge is -2.04. The molecule has 0 atom stereocenters. The normalized spacial score (nSPS) is 9.11. The highest BCUT2D eigenvalue weighted by atomic mass is 16.7. The summed E-state index contributed by atoms with van der Waals surface area (Å²) >= 11 is 0. The van der Waals surface area contributed by atoms with Gasteiger partial charge in [0.25, 0.3) is 0 Å². The molecule has 54 valence electrons. The van der Waals surface area contributed by atoms with E-state index in [1.54, 1.807) is 7.11 Å². The highest BCUT2D eigenvalue weighted by Gasteiger charge is 1.82. The zero-order chi connectivity index (χ0) is 7.11. The fraction of sp³-hybridized carbons (Fsp3) is 0.667. The average molecular weight is 131 g/mol.